The first kappa shape index (κ1) is 11.7. The van der Waals surface area contributed by atoms with Gasteiger partial charge in [0.25, 0.3) is 0 Å². The summed E-state index contributed by atoms with van der Waals surface area (Å²) in [6, 6.07) is 6.15. The van der Waals surface area contributed by atoms with Gasteiger partial charge < -0.3 is 9.51 Å². The Morgan fingerprint density at radius 1 is 1.44 bits per heavy atom. The summed E-state index contributed by atoms with van der Waals surface area (Å²) >= 11 is 0. The Morgan fingerprint density at radius 3 is 3.11 bits per heavy atom. The molecule has 2 aromatic rings. The normalized spacial score (nSPS) is 21.6. The molecule has 1 N–H and O–H groups in total. The molecule has 0 spiro atoms. The third kappa shape index (κ3) is 2.26. The van der Waals surface area contributed by atoms with Crippen molar-refractivity contribution >= 4 is 5.65 Å². The van der Waals surface area contributed by atoms with Crippen molar-refractivity contribution in [1.82, 2.24) is 14.3 Å². The topological polar surface area (TPSA) is 40.8 Å². The van der Waals surface area contributed by atoms with Crippen molar-refractivity contribution in [2.45, 2.75) is 32.4 Å². The summed E-state index contributed by atoms with van der Waals surface area (Å²) in [6.45, 7) is 4.75. The number of aliphatic hydroxyl groups is 1. The highest BCUT2D eigenvalue weighted by Gasteiger charge is 2.18. The van der Waals surface area contributed by atoms with E-state index in [1.54, 1.807) is 0 Å². The lowest BCUT2D eigenvalue weighted by Crippen LogP contribution is -2.37. The number of β-amino-alcohol motifs (C(OH)–C–C–N with tert-alkyl or cyclic N) is 1. The quantitative estimate of drug-likeness (QED) is 0.873. The number of rotatable bonds is 2. The van der Waals surface area contributed by atoms with Crippen LogP contribution in [0.25, 0.3) is 5.65 Å². The van der Waals surface area contributed by atoms with E-state index in [0.717, 1.165) is 43.8 Å². The van der Waals surface area contributed by atoms with Crippen LogP contribution < -0.4 is 0 Å². The van der Waals surface area contributed by atoms with Crippen LogP contribution in [0.5, 0.6) is 0 Å². The summed E-state index contributed by atoms with van der Waals surface area (Å²) in [7, 11) is 0. The Kier molecular flexibility index (Phi) is 3.06. The van der Waals surface area contributed by atoms with E-state index in [-0.39, 0.29) is 6.10 Å². The highest BCUT2D eigenvalue weighted by molar-refractivity contribution is 5.41. The lowest BCUT2D eigenvalue weighted by Gasteiger charge is -2.29. The average molecular weight is 245 g/mol. The number of likely N-dealkylation sites (tertiary alicyclic amines) is 1. The molecule has 1 atom stereocenters. The fourth-order valence-corrected chi connectivity index (χ4v) is 2.68. The minimum Gasteiger partial charge on any atom is -0.392 e. The molecule has 96 valence electrons. The Labute approximate surface area is 107 Å². The lowest BCUT2D eigenvalue weighted by molar-refractivity contribution is 0.0663. The SMILES string of the molecule is Cc1cccc2nc(CN3CCC[C@H](O)C3)cn12. The van der Waals surface area contributed by atoms with Crippen LogP contribution in [-0.2, 0) is 6.54 Å². The van der Waals surface area contributed by atoms with Gasteiger partial charge in [0.2, 0.25) is 0 Å². The minimum absolute atomic E-state index is 0.169. The van der Waals surface area contributed by atoms with E-state index in [9.17, 15) is 5.11 Å². The van der Waals surface area contributed by atoms with Gasteiger partial charge in [0.15, 0.2) is 0 Å². The van der Waals surface area contributed by atoms with E-state index in [2.05, 4.69) is 33.5 Å². The first-order chi connectivity index (χ1) is 8.72. The minimum atomic E-state index is -0.169. The van der Waals surface area contributed by atoms with E-state index in [0.29, 0.717) is 0 Å². The number of aliphatic hydroxyl groups excluding tert-OH is 1. The third-order valence-corrected chi connectivity index (χ3v) is 3.61. The first-order valence-electron chi connectivity index (χ1n) is 6.56. The standard InChI is InChI=1S/C14H19N3O/c1-11-4-2-6-14-15-12(9-17(11)14)8-16-7-3-5-13(18)10-16/h2,4,6,9,13,18H,3,5,7-8,10H2,1H3/t13-/m0/s1. The zero-order valence-electron chi connectivity index (χ0n) is 10.7. The molecule has 0 saturated carbocycles. The molecule has 1 aliphatic heterocycles. The monoisotopic (exact) mass is 245 g/mol. The predicted octanol–water partition coefficient (Wildman–Crippen LogP) is 1.60. The van der Waals surface area contributed by atoms with Crippen LogP contribution in [-0.4, -0.2) is 38.6 Å². The largest absolute Gasteiger partial charge is 0.392 e. The van der Waals surface area contributed by atoms with Crippen LogP contribution in [0.3, 0.4) is 0 Å². The van der Waals surface area contributed by atoms with Crippen LogP contribution in [0.1, 0.15) is 24.2 Å². The summed E-state index contributed by atoms with van der Waals surface area (Å²) in [4.78, 5) is 6.92. The van der Waals surface area contributed by atoms with Gasteiger partial charge >= 0.3 is 0 Å². The Balaban J connectivity index is 1.80. The van der Waals surface area contributed by atoms with E-state index in [4.69, 9.17) is 0 Å². The van der Waals surface area contributed by atoms with Gasteiger partial charge in [-0.2, -0.15) is 0 Å². The smallest absolute Gasteiger partial charge is 0.137 e. The molecule has 0 bridgehead atoms. The maximum absolute atomic E-state index is 9.67. The zero-order chi connectivity index (χ0) is 12.5. The van der Waals surface area contributed by atoms with E-state index >= 15 is 0 Å². The number of hydrogen-bond acceptors (Lipinski definition) is 3. The van der Waals surface area contributed by atoms with Crippen LogP contribution >= 0.6 is 0 Å². The molecular formula is C14H19N3O. The van der Waals surface area contributed by atoms with Gasteiger partial charge in [-0.25, -0.2) is 4.98 Å². The number of imidazole rings is 1. The van der Waals surface area contributed by atoms with Crippen LogP contribution in [0.15, 0.2) is 24.4 Å². The summed E-state index contributed by atoms with van der Waals surface area (Å²) in [5, 5.41) is 9.67. The van der Waals surface area contributed by atoms with Crippen LogP contribution in [0.2, 0.25) is 0 Å². The number of aromatic nitrogens is 2. The molecule has 18 heavy (non-hydrogen) atoms. The van der Waals surface area contributed by atoms with Gasteiger partial charge in [-0.3, -0.25) is 4.90 Å². The first-order valence-corrected chi connectivity index (χ1v) is 6.56. The van der Waals surface area contributed by atoms with Crippen molar-refractivity contribution in [3.63, 3.8) is 0 Å². The summed E-state index contributed by atoms with van der Waals surface area (Å²) in [6.07, 6.45) is 3.94. The molecule has 1 saturated heterocycles. The fourth-order valence-electron chi connectivity index (χ4n) is 2.68. The number of fused-ring (bicyclic) bond motifs is 1. The number of pyridine rings is 1. The molecule has 1 aliphatic rings. The Hall–Kier alpha value is -1.39. The van der Waals surface area contributed by atoms with Gasteiger partial charge in [0, 0.05) is 25.0 Å². The molecule has 0 unspecified atom stereocenters. The second kappa shape index (κ2) is 4.71. The van der Waals surface area contributed by atoms with E-state index < -0.39 is 0 Å². The number of aryl methyl sites for hydroxylation is 1. The maximum atomic E-state index is 9.67. The predicted molar refractivity (Wildman–Crippen MR) is 70.4 cm³/mol. The van der Waals surface area contributed by atoms with E-state index in [1.165, 1.54) is 5.69 Å². The summed E-state index contributed by atoms with van der Waals surface area (Å²) in [5.41, 5.74) is 3.28. The average Bonchev–Trinajstić information content (AvgIpc) is 2.73. The van der Waals surface area contributed by atoms with Crippen LogP contribution in [0, 0.1) is 6.92 Å². The van der Waals surface area contributed by atoms with Gasteiger partial charge in [-0.05, 0) is 38.4 Å². The molecule has 4 nitrogen and oxygen atoms in total. The molecule has 0 aromatic carbocycles. The molecule has 3 heterocycles. The number of hydrogen-bond donors (Lipinski definition) is 1. The summed E-state index contributed by atoms with van der Waals surface area (Å²) in [5.74, 6) is 0. The van der Waals surface area contributed by atoms with Gasteiger partial charge in [-0.15, -0.1) is 0 Å². The number of piperidine rings is 1. The van der Waals surface area contributed by atoms with Crippen LogP contribution in [0.4, 0.5) is 0 Å². The van der Waals surface area contributed by atoms with Crippen molar-refractivity contribution in [2.75, 3.05) is 13.1 Å². The molecule has 0 amide bonds. The third-order valence-electron chi connectivity index (χ3n) is 3.61. The lowest BCUT2D eigenvalue weighted by atomic mass is 10.1. The maximum Gasteiger partial charge on any atom is 0.137 e. The van der Waals surface area contributed by atoms with Crippen molar-refractivity contribution in [1.29, 1.82) is 0 Å². The molecule has 0 radical (unpaired) electrons. The second-order valence-electron chi connectivity index (χ2n) is 5.16. The van der Waals surface area contributed by atoms with Crippen molar-refractivity contribution in [3.8, 4) is 0 Å². The van der Waals surface area contributed by atoms with Gasteiger partial charge in [0.1, 0.15) is 5.65 Å². The fraction of sp³-hybridized carbons (Fsp3) is 0.500. The highest BCUT2D eigenvalue weighted by atomic mass is 16.3. The molecule has 0 aliphatic carbocycles. The second-order valence-corrected chi connectivity index (χ2v) is 5.16. The Bertz CT molecular complexity index is 549. The van der Waals surface area contributed by atoms with Crippen molar-refractivity contribution in [3.05, 3.63) is 35.8 Å². The van der Waals surface area contributed by atoms with Gasteiger partial charge in [-0.1, -0.05) is 6.07 Å². The summed E-state index contributed by atoms with van der Waals surface area (Å²) < 4.78 is 2.12. The zero-order valence-corrected chi connectivity index (χ0v) is 10.7. The van der Waals surface area contributed by atoms with Crippen molar-refractivity contribution < 1.29 is 5.11 Å². The molecule has 2 aromatic heterocycles. The molecule has 1 fully saturated rings. The molecular weight excluding hydrogens is 226 g/mol. The Morgan fingerprint density at radius 2 is 2.33 bits per heavy atom. The van der Waals surface area contributed by atoms with E-state index in [1.807, 2.05) is 12.1 Å². The van der Waals surface area contributed by atoms with Crippen molar-refractivity contribution in [2.24, 2.45) is 0 Å². The van der Waals surface area contributed by atoms with Gasteiger partial charge in [0.05, 0.1) is 11.8 Å². The molecule has 4 heteroatoms. The number of nitrogens with zero attached hydrogens (tertiary/aromatic N) is 3. The molecule has 3 rings (SSSR count). The highest BCUT2D eigenvalue weighted by Crippen LogP contribution is 2.14.